The van der Waals surface area contributed by atoms with E-state index >= 15 is 0 Å². The number of aryl methyl sites for hydroxylation is 1. The number of aromatic nitrogens is 2. The lowest BCUT2D eigenvalue weighted by molar-refractivity contribution is -0.121. The summed E-state index contributed by atoms with van der Waals surface area (Å²) in [5, 5.41) is 2.81. The van der Waals surface area contributed by atoms with E-state index in [4.69, 9.17) is 0 Å². The molecule has 0 radical (unpaired) electrons. The molecule has 0 spiro atoms. The van der Waals surface area contributed by atoms with E-state index < -0.39 is 15.6 Å². The molecule has 0 atom stereocenters. The molecule has 2 heterocycles. The van der Waals surface area contributed by atoms with E-state index in [1.807, 2.05) is 19.1 Å². The van der Waals surface area contributed by atoms with Crippen molar-refractivity contribution in [2.75, 3.05) is 11.3 Å². The molecule has 0 aliphatic carbocycles. The number of carbonyl (C=O) groups excluding carboxylic acids is 1. The van der Waals surface area contributed by atoms with Gasteiger partial charge in [0.1, 0.15) is 12.2 Å². The third kappa shape index (κ3) is 7.28. The molecule has 0 saturated carbocycles. The number of rotatable bonds is 11. The molecule has 3 aromatic rings. The standard InChI is InChI=1S/C24H28N4O4S/c1-2-7-21-11-12-22(27-33(31,32)18-20-8-4-3-5-9-20)24(30)28(21)17-23(29)26-15-13-19-10-6-14-25-16-19/h3-6,8-12,14,16,27H,2,7,13,15,17-18H2,1H3,(H,26,29). The molecule has 1 amide bonds. The summed E-state index contributed by atoms with van der Waals surface area (Å²) in [4.78, 5) is 29.6. The largest absolute Gasteiger partial charge is 0.354 e. The number of carbonyl (C=O) groups is 1. The Balaban J connectivity index is 1.72. The Morgan fingerprint density at radius 2 is 1.76 bits per heavy atom. The normalized spacial score (nSPS) is 11.2. The topological polar surface area (TPSA) is 110 Å². The lowest BCUT2D eigenvalue weighted by Crippen LogP contribution is -2.36. The highest BCUT2D eigenvalue weighted by molar-refractivity contribution is 7.91. The Labute approximate surface area is 193 Å². The average Bonchev–Trinajstić information content (AvgIpc) is 2.79. The van der Waals surface area contributed by atoms with Crippen LogP contribution in [0.15, 0.2) is 71.8 Å². The molecule has 0 fully saturated rings. The van der Waals surface area contributed by atoms with Crippen LogP contribution < -0.4 is 15.6 Å². The summed E-state index contributed by atoms with van der Waals surface area (Å²) in [6, 6.07) is 15.6. The first-order valence-electron chi connectivity index (χ1n) is 10.8. The summed E-state index contributed by atoms with van der Waals surface area (Å²) in [5.74, 6) is -0.568. The first kappa shape index (κ1) is 24.2. The Hall–Kier alpha value is -3.46. The van der Waals surface area contributed by atoms with Crippen LogP contribution in [0.25, 0.3) is 0 Å². The van der Waals surface area contributed by atoms with Crippen molar-refractivity contribution >= 4 is 21.6 Å². The van der Waals surface area contributed by atoms with E-state index in [2.05, 4.69) is 15.0 Å². The van der Waals surface area contributed by atoms with Crippen molar-refractivity contribution in [3.63, 3.8) is 0 Å². The van der Waals surface area contributed by atoms with Crippen LogP contribution in [0.3, 0.4) is 0 Å². The zero-order valence-corrected chi connectivity index (χ0v) is 19.3. The fraction of sp³-hybridized carbons (Fsp3) is 0.292. The van der Waals surface area contributed by atoms with Crippen molar-refractivity contribution in [1.29, 1.82) is 0 Å². The van der Waals surface area contributed by atoms with Gasteiger partial charge in [0, 0.05) is 24.6 Å². The lowest BCUT2D eigenvalue weighted by Gasteiger charge is -2.15. The molecule has 2 aromatic heterocycles. The first-order valence-corrected chi connectivity index (χ1v) is 12.5. The van der Waals surface area contributed by atoms with Gasteiger partial charge in [-0.3, -0.25) is 19.3 Å². The number of nitrogens with zero attached hydrogens (tertiary/aromatic N) is 2. The van der Waals surface area contributed by atoms with E-state index in [-0.39, 0.29) is 23.9 Å². The van der Waals surface area contributed by atoms with Crippen LogP contribution >= 0.6 is 0 Å². The first-order chi connectivity index (χ1) is 15.9. The third-order valence-electron chi connectivity index (χ3n) is 5.00. The van der Waals surface area contributed by atoms with Gasteiger partial charge in [-0.25, -0.2) is 8.42 Å². The summed E-state index contributed by atoms with van der Waals surface area (Å²) in [6.07, 6.45) is 5.41. The van der Waals surface area contributed by atoms with Crippen molar-refractivity contribution in [1.82, 2.24) is 14.9 Å². The molecular formula is C24H28N4O4S. The second-order valence-electron chi connectivity index (χ2n) is 7.69. The fourth-order valence-electron chi connectivity index (χ4n) is 3.43. The lowest BCUT2D eigenvalue weighted by atomic mass is 10.2. The summed E-state index contributed by atoms with van der Waals surface area (Å²) in [5.41, 5.74) is 1.67. The molecule has 0 aliphatic rings. The van der Waals surface area contributed by atoms with Gasteiger partial charge in [-0.05, 0) is 42.2 Å². The Bertz CT molecular complexity index is 1230. The van der Waals surface area contributed by atoms with Gasteiger partial charge in [0.2, 0.25) is 15.9 Å². The number of benzene rings is 1. The average molecular weight is 469 g/mol. The molecule has 0 aliphatic heterocycles. The molecular weight excluding hydrogens is 440 g/mol. The van der Waals surface area contributed by atoms with Crippen LogP contribution in [-0.2, 0) is 40.0 Å². The zero-order chi connectivity index (χ0) is 23.7. The minimum Gasteiger partial charge on any atom is -0.354 e. The van der Waals surface area contributed by atoms with Gasteiger partial charge in [0.25, 0.3) is 5.56 Å². The minimum absolute atomic E-state index is 0.0751. The van der Waals surface area contributed by atoms with Crippen LogP contribution in [0, 0.1) is 0 Å². The van der Waals surface area contributed by atoms with Gasteiger partial charge >= 0.3 is 0 Å². The third-order valence-corrected chi connectivity index (χ3v) is 6.24. The van der Waals surface area contributed by atoms with Crippen LogP contribution in [0.2, 0.25) is 0 Å². The predicted octanol–water partition coefficient (Wildman–Crippen LogP) is 2.50. The molecule has 0 unspecified atom stereocenters. The molecule has 8 nitrogen and oxygen atoms in total. The molecule has 9 heteroatoms. The fourth-order valence-corrected chi connectivity index (χ4v) is 4.62. The maximum Gasteiger partial charge on any atom is 0.275 e. The number of hydrogen-bond donors (Lipinski definition) is 2. The van der Waals surface area contributed by atoms with Crippen molar-refractivity contribution in [2.24, 2.45) is 0 Å². The number of anilines is 1. The molecule has 174 valence electrons. The number of amides is 1. The smallest absolute Gasteiger partial charge is 0.275 e. The van der Waals surface area contributed by atoms with Crippen molar-refractivity contribution < 1.29 is 13.2 Å². The maximum atomic E-state index is 13.1. The molecule has 33 heavy (non-hydrogen) atoms. The van der Waals surface area contributed by atoms with Gasteiger partial charge in [-0.2, -0.15) is 0 Å². The van der Waals surface area contributed by atoms with E-state index in [1.165, 1.54) is 10.6 Å². The van der Waals surface area contributed by atoms with Crippen LogP contribution in [0.4, 0.5) is 5.69 Å². The number of nitrogens with one attached hydrogen (secondary N) is 2. The SMILES string of the molecule is CCCc1ccc(NS(=O)(=O)Cc2ccccc2)c(=O)n1CC(=O)NCCc1cccnc1. The Morgan fingerprint density at radius 3 is 2.45 bits per heavy atom. The number of sulfonamides is 1. The van der Waals surface area contributed by atoms with Crippen LogP contribution in [-0.4, -0.2) is 30.4 Å². The van der Waals surface area contributed by atoms with Gasteiger partial charge in [-0.15, -0.1) is 0 Å². The predicted molar refractivity (Wildman–Crippen MR) is 128 cm³/mol. The molecule has 0 saturated heterocycles. The monoisotopic (exact) mass is 468 g/mol. The summed E-state index contributed by atoms with van der Waals surface area (Å²) >= 11 is 0. The highest BCUT2D eigenvalue weighted by Crippen LogP contribution is 2.12. The second-order valence-corrected chi connectivity index (χ2v) is 9.41. The van der Waals surface area contributed by atoms with Crippen molar-refractivity contribution in [3.05, 3.63) is 94.2 Å². The van der Waals surface area contributed by atoms with Gasteiger partial charge < -0.3 is 9.88 Å². The molecule has 1 aromatic carbocycles. The Morgan fingerprint density at radius 1 is 1.00 bits per heavy atom. The quantitative estimate of drug-likeness (QED) is 0.449. The zero-order valence-electron chi connectivity index (χ0n) is 18.5. The summed E-state index contributed by atoms with van der Waals surface area (Å²) < 4.78 is 28.9. The number of pyridine rings is 2. The van der Waals surface area contributed by atoms with E-state index in [1.54, 1.807) is 48.8 Å². The van der Waals surface area contributed by atoms with Gasteiger partial charge in [0.05, 0.1) is 5.75 Å². The van der Waals surface area contributed by atoms with E-state index in [9.17, 15) is 18.0 Å². The highest BCUT2D eigenvalue weighted by atomic mass is 32.2. The minimum atomic E-state index is -3.80. The van der Waals surface area contributed by atoms with E-state index in [0.717, 1.165) is 12.0 Å². The van der Waals surface area contributed by atoms with Crippen molar-refractivity contribution in [3.8, 4) is 0 Å². The van der Waals surface area contributed by atoms with Gasteiger partial charge in [-0.1, -0.05) is 49.7 Å². The highest BCUT2D eigenvalue weighted by Gasteiger charge is 2.17. The van der Waals surface area contributed by atoms with Crippen LogP contribution in [0.5, 0.6) is 0 Å². The van der Waals surface area contributed by atoms with Gasteiger partial charge in [0.15, 0.2) is 0 Å². The maximum absolute atomic E-state index is 13.1. The second kappa shape index (κ2) is 11.4. The number of hydrogen-bond acceptors (Lipinski definition) is 5. The molecule has 3 rings (SSSR count). The van der Waals surface area contributed by atoms with Crippen LogP contribution in [0.1, 0.15) is 30.2 Å². The van der Waals surface area contributed by atoms with Crippen molar-refractivity contribution in [2.45, 2.75) is 38.5 Å². The Kier molecular flexibility index (Phi) is 8.37. The molecule has 0 bridgehead atoms. The van der Waals surface area contributed by atoms with E-state index in [0.29, 0.717) is 30.6 Å². The molecule has 2 N–H and O–H groups in total. The summed E-state index contributed by atoms with van der Waals surface area (Å²) in [6.45, 7) is 2.19. The summed E-state index contributed by atoms with van der Waals surface area (Å²) in [7, 11) is -3.80.